The summed E-state index contributed by atoms with van der Waals surface area (Å²) >= 11 is 0. The Kier molecular flexibility index (Phi) is 3.33. The average Bonchev–Trinajstić information content (AvgIpc) is 2.86. The van der Waals surface area contributed by atoms with Gasteiger partial charge in [-0.3, -0.25) is 4.90 Å². The molecule has 3 heteroatoms. The Morgan fingerprint density at radius 1 is 1.33 bits per heavy atom. The summed E-state index contributed by atoms with van der Waals surface area (Å²) in [6, 6.07) is 1.65. The number of nitrogens with zero attached hydrogens (tertiary/aromatic N) is 1. The highest BCUT2D eigenvalue weighted by atomic mass is 15.2. The maximum Gasteiger partial charge on any atom is 0.0207 e. The molecule has 1 saturated carbocycles. The van der Waals surface area contributed by atoms with Gasteiger partial charge in [-0.15, -0.1) is 0 Å². The Morgan fingerprint density at radius 3 is 2.67 bits per heavy atom. The standard InChI is InChI=1S/C12H25N3/c1-12(2,13)6-7-14-10-5-8-15(9-10)11-3-4-11/h10-11,14H,3-9,13H2,1-2H3. The molecular weight excluding hydrogens is 186 g/mol. The second-order valence-corrected chi connectivity index (χ2v) is 5.90. The Balaban J connectivity index is 1.60. The molecule has 0 amide bonds. The summed E-state index contributed by atoms with van der Waals surface area (Å²) in [6.07, 6.45) is 5.25. The van der Waals surface area contributed by atoms with E-state index < -0.39 is 0 Å². The van der Waals surface area contributed by atoms with Gasteiger partial charge < -0.3 is 11.1 Å². The van der Waals surface area contributed by atoms with Crippen molar-refractivity contribution in [1.82, 2.24) is 10.2 Å². The molecule has 15 heavy (non-hydrogen) atoms. The molecule has 1 saturated heterocycles. The second-order valence-electron chi connectivity index (χ2n) is 5.90. The lowest BCUT2D eigenvalue weighted by Crippen LogP contribution is -2.39. The van der Waals surface area contributed by atoms with Gasteiger partial charge in [0.2, 0.25) is 0 Å². The van der Waals surface area contributed by atoms with Crippen molar-refractivity contribution >= 4 is 0 Å². The van der Waals surface area contributed by atoms with Crippen molar-refractivity contribution in [1.29, 1.82) is 0 Å². The van der Waals surface area contributed by atoms with Gasteiger partial charge in [0, 0.05) is 30.7 Å². The van der Waals surface area contributed by atoms with Gasteiger partial charge in [-0.05, 0) is 46.1 Å². The highest BCUT2D eigenvalue weighted by Crippen LogP contribution is 2.29. The van der Waals surface area contributed by atoms with E-state index in [1.165, 1.54) is 32.4 Å². The van der Waals surface area contributed by atoms with Crippen LogP contribution in [0.25, 0.3) is 0 Å². The van der Waals surface area contributed by atoms with Gasteiger partial charge in [0.05, 0.1) is 0 Å². The average molecular weight is 211 g/mol. The first-order valence-corrected chi connectivity index (χ1v) is 6.31. The highest BCUT2D eigenvalue weighted by molar-refractivity contribution is 4.92. The van der Waals surface area contributed by atoms with Crippen molar-refractivity contribution in [3.63, 3.8) is 0 Å². The van der Waals surface area contributed by atoms with Gasteiger partial charge in [-0.2, -0.15) is 0 Å². The molecule has 1 aliphatic heterocycles. The molecule has 0 aromatic carbocycles. The van der Waals surface area contributed by atoms with Gasteiger partial charge in [-0.25, -0.2) is 0 Å². The van der Waals surface area contributed by atoms with Crippen molar-refractivity contribution in [2.75, 3.05) is 19.6 Å². The van der Waals surface area contributed by atoms with E-state index >= 15 is 0 Å². The van der Waals surface area contributed by atoms with E-state index in [9.17, 15) is 0 Å². The predicted octanol–water partition coefficient (Wildman–Crippen LogP) is 0.940. The van der Waals surface area contributed by atoms with Crippen molar-refractivity contribution in [2.24, 2.45) is 5.73 Å². The molecule has 1 unspecified atom stereocenters. The predicted molar refractivity (Wildman–Crippen MR) is 63.9 cm³/mol. The Labute approximate surface area is 93.4 Å². The maximum absolute atomic E-state index is 5.96. The van der Waals surface area contributed by atoms with Crippen molar-refractivity contribution in [3.05, 3.63) is 0 Å². The van der Waals surface area contributed by atoms with Gasteiger partial charge in [0.1, 0.15) is 0 Å². The lowest BCUT2D eigenvalue weighted by atomic mass is 10.0. The van der Waals surface area contributed by atoms with E-state index in [2.05, 4.69) is 24.1 Å². The van der Waals surface area contributed by atoms with Gasteiger partial charge in [0.25, 0.3) is 0 Å². The van der Waals surface area contributed by atoms with Crippen molar-refractivity contribution in [3.8, 4) is 0 Å². The molecule has 2 rings (SSSR count). The quantitative estimate of drug-likeness (QED) is 0.711. The summed E-state index contributed by atoms with van der Waals surface area (Å²) in [7, 11) is 0. The highest BCUT2D eigenvalue weighted by Gasteiger charge is 2.34. The third kappa shape index (κ3) is 3.74. The molecule has 1 heterocycles. The van der Waals surface area contributed by atoms with Crippen LogP contribution in [0.2, 0.25) is 0 Å². The molecule has 2 fully saturated rings. The van der Waals surface area contributed by atoms with E-state index in [0.29, 0.717) is 6.04 Å². The third-order valence-electron chi connectivity index (χ3n) is 3.49. The second kappa shape index (κ2) is 4.40. The number of rotatable bonds is 5. The third-order valence-corrected chi connectivity index (χ3v) is 3.49. The zero-order chi connectivity index (χ0) is 10.9. The fraction of sp³-hybridized carbons (Fsp3) is 1.00. The number of nitrogens with two attached hydrogens (primary N) is 1. The van der Waals surface area contributed by atoms with Crippen LogP contribution in [-0.4, -0.2) is 42.2 Å². The lowest BCUT2D eigenvalue weighted by Gasteiger charge is -2.21. The van der Waals surface area contributed by atoms with Crippen molar-refractivity contribution < 1.29 is 0 Å². The summed E-state index contributed by atoms with van der Waals surface area (Å²) in [5.74, 6) is 0. The summed E-state index contributed by atoms with van der Waals surface area (Å²) < 4.78 is 0. The molecule has 0 aromatic heterocycles. The largest absolute Gasteiger partial charge is 0.326 e. The normalized spacial score (nSPS) is 28.6. The molecule has 2 aliphatic rings. The number of likely N-dealkylation sites (tertiary alicyclic amines) is 1. The molecule has 0 bridgehead atoms. The van der Waals surface area contributed by atoms with Crippen LogP contribution in [0.1, 0.15) is 39.5 Å². The zero-order valence-corrected chi connectivity index (χ0v) is 10.1. The Bertz CT molecular complexity index is 205. The fourth-order valence-corrected chi connectivity index (χ4v) is 2.32. The lowest BCUT2D eigenvalue weighted by molar-refractivity contribution is 0.315. The van der Waals surface area contributed by atoms with Crippen LogP contribution in [0, 0.1) is 0 Å². The molecule has 3 nitrogen and oxygen atoms in total. The molecule has 1 atom stereocenters. The molecular formula is C12H25N3. The number of nitrogens with one attached hydrogen (secondary N) is 1. The first-order chi connectivity index (χ1) is 7.04. The molecule has 0 spiro atoms. The maximum atomic E-state index is 5.96. The number of hydrogen-bond acceptors (Lipinski definition) is 3. The summed E-state index contributed by atoms with van der Waals surface area (Å²) in [6.45, 7) is 7.82. The van der Waals surface area contributed by atoms with Crippen LogP contribution in [0.15, 0.2) is 0 Å². The summed E-state index contributed by atoms with van der Waals surface area (Å²) in [5.41, 5.74) is 5.93. The minimum absolute atomic E-state index is 0.0260. The number of hydrogen-bond donors (Lipinski definition) is 2. The van der Waals surface area contributed by atoms with Crippen LogP contribution in [-0.2, 0) is 0 Å². The fourth-order valence-electron chi connectivity index (χ4n) is 2.32. The molecule has 88 valence electrons. The minimum Gasteiger partial charge on any atom is -0.326 e. The van der Waals surface area contributed by atoms with Crippen LogP contribution in [0.5, 0.6) is 0 Å². The smallest absolute Gasteiger partial charge is 0.0207 e. The Hall–Kier alpha value is -0.120. The van der Waals surface area contributed by atoms with Gasteiger partial charge in [0.15, 0.2) is 0 Å². The van der Waals surface area contributed by atoms with E-state index in [-0.39, 0.29) is 5.54 Å². The van der Waals surface area contributed by atoms with Crippen LogP contribution in [0.4, 0.5) is 0 Å². The molecule has 0 aromatic rings. The summed E-state index contributed by atoms with van der Waals surface area (Å²) in [5, 5.41) is 3.63. The molecule has 0 radical (unpaired) electrons. The first-order valence-electron chi connectivity index (χ1n) is 6.31. The van der Waals surface area contributed by atoms with E-state index in [0.717, 1.165) is 19.0 Å². The topological polar surface area (TPSA) is 41.3 Å². The van der Waals surface area contributed by atoms with Crippen molar-refractivity contribution in [2.45, 2.75) is 57.2 Å². The first kappa shape index (κ1) is 11.4. The monoisotopic (exact) mass is 211 g/mol. The minimum atomic E-state index is -0.0260. The molecule has 3 N–H and O–H groups in total. The van der Waals surface area contributed by atoms with E-state index in [1.54, 1.807) is 0 Å². The van der Waals surface area contributed by atoms with Crippen LogP contribution >= 0.6 is 0 Å². The molecule has 1 aliphatic carbocycles. The van der Waals surface area contributed by atoms with Crippen LogP contribution < -0.4 is 11.1 Å². The summed E-state index contributed by atoms with van der Waals surface area (Å²) in [4.78, 5) is 2.64. The SMILES string of the molecule is CC(C)(N)CCNC1CCN(C2CC2)C1. The Morgan fingerprint density at radius 2 is 2.07 bits per heavy atom. The van der Waals surface area contributed by atoms with E-state index in [4.69, 9.17) is 5.73 Å². The van der Waals surface area contributed by atoms with Gasteiger partial charge >= 0.3 is 0 Å². The van der Waals surface area contributed by atoms with E-state index in [1.807, 2.05) is 0 Å². The van der Waals surface area contributed by atoms with Crippen LogP contribution in [0.3, 0.4) is 0 Å². The van der Waals surface area contributed by atoms with Gasteiger partial charge in [-0.1, -0.05) is 0 Å². The zero-order valence-electron chi connectivity index (χ0n) is 10.1.